The fourth-order valence-corrected chi connectivity index (χ4v) is 6.05. The third-order valence-electron chi connectivity index (χ3n) is 6.05. The van der Waals surface area contributed by atoms with Crippen LogP contribution in [0, 0.1) is 0 Å². The van der Waals surface area contributed by atoms with Crippen LogP contribution in [0.3, 0.4) is 0 Å². The third kappa shape index (κ3) is 7.66. The summed E-state index contributed by atoms with van der Waals surface area (Å²) in [5.41, 5.74) is 0.753. The molecule has 0 heterocycles. The van der Waals surface area contributed by atoms with Crippen LogP contribution in [0.1, 0.15) is 32.3 Å². The molecule has 3 aromatic carbocycles. The zero-order valence-corrected chi connectivity index (χ0v) is 24.7. The topological polar surface area (TPSA) is 86.8 Å². The fraction of sp³-hybridized carbons (Fsp3) is 0.286. The standard InChI is InChI=1S/C28H30Cl3N3O4S/c1-3-17-32-28(36)26(4-2)33(18-23-24(30)11-8-12-25(23)31)27(35)19-34(21-9-6-5-7-10-21)39(37,38)22-15-13-20(29)14-16-22/h5-16,26H,3-4,17-19H2,1-2H3,(H,32,36)/t26-/m0/s1. The van der Waals surface area contributed by atoms with E-state index in [2.05, 4.69) is 5.32 Å². The lowest BCUT2D eigenvalue weighted by molar-refractivity contribution is -0.140. The number of carbonyl (C=O) groups excluding carboxylic acids is 2. The summed E-state index contributed by atoms with van der Waals surface area (Å²) in [5, 5.41) is 3.88. The predicted octanol–water partition coefficient (Wildman–Crippen LogP) is 6.18. The van der Waals surface area contributed by atoms with E-state index in [0.717, 1.165) is 4.31 Å². The van der Waals surface area contributed by atoms with Crippen LogP contribution in [-0.2, 0) is 26.2 Å². The van der Waals surface area contributed by atoms with Crippen LogP contribution >= 0.6 is 34.8 Å². The molecule has 0 fully saturated rings. The third-order valence-corrected chi connectivity index (χ3v) is 8.80. The molecule has 0 spiro atoms. The smallest absolute Gasteiger partial charge is 0.264 e. The van der Waals surface area contributed by atoms with Gasteiger partial charge >= 0.3 is 0 Å². The highest BCUT2D eigenvalue weighted by Crippen LogP contribution is 2.29. The Morgan fingerprint density at radius 2 is 1.49 bits per heavy atom. The Bertz CT molecular complexity index is 1370. The average molecular weight is 611 g/mol. The second-order valence-corrected chi connectivity index (χ2v) is 11.9. The summed E-state index contributed by atoms with van der Waals surface area (Å²) in [6, 6.07) is 18.1. The number of sulfonamides is 1. The van der Waals surface area contributed by atoms with Crippen LogP contribution in [0.15, 0.2) is 77.7 Å². The Morgan fingerprint density at radius 3 is 2.05 bits per heavy atom. The highest BCUT2D eigenvalue weighted by atomic mass is 35.5. The van der Waals surface area contributed by atoms with Crippen molar-refractivity contribution in [2.45, 2.75) is 44.2 Å². The van der Waals surface area contributed by atoms with E-state index in [0.29, 0.717) is 45.7 Å². The van der Waals surface area contributed by atoms with E-state index in [1.807, 2.05) is 6.92 Å². The largest absolute Gasteiger partial charge is 0.354 e. The Labute approximate surface area is 244 Å². The van der Waals surface area contributed by atoms with Gasteiger partial charge in [0.2, 0.25) is 11.8 Å². The van der Waals surface area contributed by atoms with Crippen molar-refractivity contribution in [3.63, 3.8) is 0 Å². The van der Waals surface area contributed by atoms with E-state index < -0.39 is 28.5 Å². The first-order chi connectivity index (χ1) is 18.6. The maximum Gasteiger partial charge on any atom is 0.264 e. The molecule has 0 unspecified atom stereocenters. The van der Waals surface area contributed by atoms with Crippen molar-refractivity contribution in [2.75, 3.05) is 17.4 Å². The van der Waals surface area contributed by atoms with E-state index in [1.165, 1.54) is 29.2 Å². The molecule has 1 atom stereocenters. The lowest BCUT2D eigenvalue weighted by Crippen LogP contribution is -2.52. The van der Waals surface area contributed by atoms with Crippen molar-refractivity contribution in [2.24, 2.45) is 0 Å². The number of hydrogen-bond donors (Lipinski definition) is 1. The van der Waals surface area contributed by atoms with Gasteiger partial charge in [-0.15, -0.1) is 0 Å². The molecule has 0 aliphatic heterocycles. The van der Waals surface area contributed by atoms with Crippen molar-refractivity contribution >= 4 is 62.3 Å². The molecule has 0 aliphatic carbocycles. The second-order valence-electron chi connectivity index (χ2n) is 8.74. The van der Waals surface area contributed by atoms with Crippen LogP contribution in [0.25, 0.3) is 0 Å². The van der Waals surface area contributed by atoms with Crippen LogP contribution in [-0.4, -0.2) is 44.3 Å². The van der Waals surface area contributed by atoms with Gasteiger partial charge in [-0.2, -0.15) is 0 Å². The molecule has 2 amide bonds. The lowest BCUT2D eigenvalue weighted by atomic mass is 10.1. The quantitative estimate of drug-likeness (QED) is 0.266. The number of nitrogens with one attached hydrogen (secondary N) is 1. The highest BCUT2D eigenvalue weighted by Gasteiger charge is 2.34. The van der Waals surface area contributed by atoms with Gasteiger partial charge in [-0.3, -0.25) is 13.9 Å². The first kappa shape index (κ1) is 30.8. The number of carbonyl (C=O) groups is 2. The molecule has 11 heteroatoms. The van der Waals surface area contributed by atoms with Gasteiger partial charge in [0, 0.05) is 33.7 Å². The Balaban J connectivity index is 2.06. The number of anilines is 1. The molecule has 0 bridgehead atoms. The normalized spacial score (nSPS) is 12.0. The van der Waals surface area contributed by atoms with Gasteiger partial charge in [-0.1, -0.05) is 72.9 Å². The number of rotatable bonds is 12. The van der Waals surface area contributed by atoms with Crippen molar-refractivity contribution < 1.29 is 18.0 Å². The molecular formula is C28H30Cl3N3O4S. The van der Waals surface area contributed by atoms with Crippen LogP contribution in [0.2, 0.25) is 15.1 Å². The number of hydrogen-bond acceptors (Lipinski definition) is 4. The molecule has 0 saturated carbocycles. The number of amides is 2. The molecule has 1 N–H and O–H groups in total. The van der Waals surface area contributed by atoms with Crippen molar-refractivity contribution in [1.29, 1.82) is 0 Å². The number of para-hydroxylation sites is 1. The first-order valence-corrected chi connectivity index (χ1v) is 15.0. The summed E-state index contributed by atoms with van der Waals surface area (Å²) in [7, 11) is -4.18. The molecule has 3 aromatic rings. The SMILES string of the molecule is CCCNC(=O)[C@H](CC)N(Cc1c(Cl)cccc1Cl)C(=O)CN(c1ccccc1)S(=O)(=O)c1ccc(Cl)cc1. The number of nitrogens with zero attached hydrogens (tertiary/aromatic N) is 2. The molecular weight excluding hydrogens is 581 g/mol. The van der Waals surface area contributed by atoms with Gasteiger partial charge in [-0.05, 0) is 61.4 Å². The molecule has 0 aliphatic rings. The lowest BCUT2D eigenvalue weighted by Gasteiger charge is -2.33. The number of halogens is 3. The van der Waals surface area contributed by atoms with Gasteiger partial charge in [-0.25, -0.2) is 8.42 Å². The van der Waals surface area contributed by atoms with E-state index in [1.54, 1.807) is 55.5 Å². The van der Waals surface area contributed by atoms with Crippen LogP contribution in [0.4, 0.5) is 5.69 Å². The molecule has 3 rings (SSSR count). The van der Waals surface area contributed by atoms with Crippen molar-refractivity contribution in [3.8, 4) is 0 Å². The van der Waals surface area contributed by atoms with Gasteiger partial charge < -0.3 is 10.2 Å². The number of benzene rings is 3. The van der Waals surface area contributed by atoms with Crippen molar-refractivity contribution in [1.82, 2.24) is 10.2 Å². The summed E-state index contributed by atoms with van der Waals surface area (Å²) in [6.45, 7) is 3.50. The fourth-order valence-electron chi connectivity index (χ4n) is 4.00. The summed E-state index contributed by atoms with van der Waals surface area (Å²) in [4.78, 5) is 28.4. The molecule has 208 valence electrons. The van der Waals surface area contributed by atoms with Crippen LogP contribution < -0.4 is 9.62 Å². The molecule has 7 nitrogen and oxygen atoms in total. The molecule has 0 aromatic heterocycles. The van der Waals surface area contributed by atoms with E-state index in [4.69, 9.17) is 34.8 Å². The second kappa shape index (κ2) is 14.0. The molecule has 0 radical (unpaired) electrons. The summed E-state index contributed by atoms with van der Waals surface area (Å²) >= 11 is 18.8. The minimum atomic E-state index is -4.18. The summed E-state index contributed by atoms with van der Waals surface area (Å²) < 4.78 is 28.6. The van der Waals surface area contributed by atoms with E-state index in [-0.39, 0.29) is 17.3 Å². The Hall–Kier alpha value is -2.78. The molecule has 39 heavy (non-hydrogen) atoms. The summed E-state index contributed by atoms with van der Waals surface area (Å²) in [5.74, 6) is -0.937. The maximum atomic E-state index is 14.0. The average Bonchev–Trinajstić information content (AvgIpc) is 2.92. The van der Waals surface area contributed by atoms with Gasteiger partial charge in [0.15, 0.2) is 0 Å². The predicted molar refractivity (Wildman–Crippen MR) is 157 cm³/mol. The van der Waals surface area contributed by atoms with E-state index >= 15 is 0 Å². The zero-order valence-electron chi connectivity index (χ0n) is 21.6. The highest BCUT2D eigenvalue weighted by molar-refractivity contribution is 7.92. The minimum Gasteiger partial charge on any atom is -0.354 e. The Kier molecular flexibility index (Phi) is 11.1. The molecule has 0 saturated heterocycles. The van der Waals surface area contributed by atoms with Gasteiger partial charge in [0.05, 0.1) is 10.6 Å². The van der Waals surface area contributed by atoms with E-state index in [9.17, 15) is 18.0 Å². The van der Waals surface area contributed by atoms with Gasteiger partial charge in [0.1, 0.15) is 12.6 Å². The zero-order chi connectivity index (χ0) is 28.6. The first-order valence-electron chi connectivity index (χ1n) is 12.4. The Morgan fingerprint density at radius 1 is 0.872 bits per heavy atom. The van der Waals surface area contributed by atoms with Gasteiger partial charge in [0.25, 0.3) is 10.0 Å². The summed E-state index contributed by atoms with van der Waals surface area (Å²) in [6.07, 6.45) is 1.01. The monoisotopic (exact) mass is 609 g/mol. The minimum absolute atomic E-state index is 0.0306. The van der Waals surface area contributed by atoms with Crippen LogP contribution in [0.5, 0.6) is 0 Å². The maximum absolute atomic E-state index is 14.0. The van der Waals surface area contributed by atoms with Crippen molar-refractivity contribution in [3.05, 3.63) is 93.4 Å².